The number of unbranched alkanes of at least 4 members (excludes halogenated alkanes) is 2. The molecule has 0 aliphatic rings. The minimum Gasteiger partial charge on any atom is -0.477 e. The summed E-state index contributed by atoms with van der Waals surface area (Å²) in [6.07, 6.45) is 7.10. The lowest BCUT2D eigenvalue weighted by Crippen LogP contribution is -2.23. The van der Waals surface area contributed by atoms with Crippen molar-refractivity contribution >= 4 is 27.3 Å². The number of hydrogen-bond acceptors (Lipinski definition) is 4. The lowest BCUT2D eigenvalue weighted by Gasteiger charge is -2.03. The molecule has 2 N–H and O–H groups in total. The zero-order valence-corrected chi connectivity index (χ0v) is 11.2. The molecule has 0 unspecified atom stereocenters. The first-order valence-electron chi connectivity index (χ1n) is 5.23. The Morgan fingerprint density at radius 1 is 1.44 bits per heavy atom. The number of sulfonamides is 1. The number of hydrogen-bond donors (Lipinski definition) is 2. The van der Waals surface area contributed by atoms with E-state index in [2.05, 4.69) is 10.6 Å². The van der Waals surface area contributed by atoms with Crippen LogP contribution >= 0.6 is 11.3 Å². The molecule has 0 spiro atoms. The summed E-state index contributed by atoms with van der Waals surface area (Å²) in [5.74, 6) is 1.34. The number of rotatable bonds is 7. The zero-order valence-electron chi connectivity index (χ0n) is 9.55. The second kappa shape index (κ2) is 6.54. The van der Waals surface area contributed by atoms with Crippen LogP contribution in [0, 0.1) is 12.3 Å². The third kappa shape index (κ3) is 4.14. The molecule has 0 bridgehead atoms. The molecule has 0 fully saturated rings. The van der Waals surface area contributed by atoms with Crippen LogP contribution in [-0.2, 0) is 10.0 Å². The van der Waals surface area contributed by atoms with Gasteiger partial charge in [-0.3, -0.25) is 0 Å². The lowest BCUT2D eigenvalue weighted by atomic mass is 10.2. The van der Waals surface area contributed by atoms with Crippen molar-refractivity contribution in [2.75, 3.05) is 6.54 Å². The van der Waals surface area contributed by atoms with Crippen molar-refractivity contribution in [3.05, 3.63) is 17.0 Å². The summed E-state index contributed by atoms with van der Waals surface area (Å²) in [5, 5.41) is 8.71. The molecule has 0 amide bonds. The maximum Gasteiger partial charge on any atom is 0.345 e. The summed E-state index contributed by atoms with van der Waals surface area (Å²) in [6, 6.07) is 2.57. The summed E-state index contributed by atoms with van der Waals surface area (Å²) in [6.45, 7) is 0.296. The smallest absolute Gasteiger partial charge is 0.345 e. The van der Waals surface area contributed by atoms with Crippen LogP contribution in [-0.4, -0.2) is 26.0 Å². The molecule has 5 nitrogen and oxygen atoms in total. The Hall–Kier alpha value is -1.36. The van der Waals surface area contributed by atoms with Crippen LogP contribution in [0.25, 0.3) is 0 Å². The molecule has 1 heterocycles. The Bertz CT molecular complexity index is 554. The van der Waals surface area contributed by atoms with Crippen molar-refractivity contribution in [2.24, 2.45) is 0 Å². The molecule has 18 heavy (non-hydrogen) atoms. The Kier molecular flexibility index (Phi) is 5.34. The largest absolute Gasteiger partial charge is 0.477 e. The van der Waals surface area contributed by atoms with Gasteiger partial charge in [0, 0.05) is 13.0 Å². The summed E-state index contributed by atoms with van der Waals surface area (Å²) < 4.78 is 26.0. The zero-order chi connectivity index (χ0) is 13.6. The summed E-state index contributed by atoms with van der Waals surface area (Å²) in [5.41, 5.74) is 0. The van der Waals surface area contributed by atoms with Crippen molar-refractivity contribution in [1.29, 1.82) is 0 Å². The van der Waals surface area contributed by atoms with E-state index in [9.17, 15) is 13.2 Å². The Morgan fingerprint density at radius 2 is 2.17 bits per heavy atom. The highest BCUT2D eigenvalue weighted by Gasteiger charge is 2.18. The molecule has 7 heteroatoms. The van der Waals surface area contributed by atoms with E-state index in [-0.39, 0.29) is 9.09 Å². The number of terminal acetylenes is 1. The van der Waals surface area contributed by atoms with Gasteiger partial charge in [-0.1, -0.05) is 0 Å². The van der Waals surface area contributed by atoms with Gasteiger partial charge in [0.1, 0.15) is 9.09 Å². The van der Waals surface area contributed by atoms with Crippen LogP contribution in [0.4, 0.5) is 0 Å². The highest BCUT2D eigenvalue weighted by molar-refractivity contribution is 7.91. The predicted octanol–water partition coefficient (Wildman–Crippen LogP) is 1.53. The second-order valence-corrected chi connectivity index (χ2v) is 6.56. The van der Waals surface area contributed by atoms with Gasteiger partial charge in [0.25, 0.3) is 0 Å². The van der Waals surface area contributed by atoms with Crippen molar-refractivity contribution < 1.29 is 18.3 Å². The second-order valence-electron chi connectivity index (χ2n) is 3.48. The molecule has 0 aromatic carbocycles. The lowest BCUT2D eigenvalue weighted by molar-refractivity contribution is 0.0702. The Morgan fingerprint density at radius 3 is 2.72 bits per heavy atom. The van der Waals surface area contributed by atoms with Gasteiger partial charge in [0.15, 0.2) is 0 Å². The van der Waals surface area contributed by atoms with E-state index in [1.807, 2.05) is 0 Å². The fourth-order valence-corrected chi connectivity index (χ4v) is 3.47. The first-order chi connectivity index (χ1) is 8.47. The molecular formula is C11H13NO4S2. The Balaban J connectivity index is 2.58. The van der Waals surface area contributed by atoms with E-state index in [1.165, 1.54) is 12.1 Å². The molecule has 98 valence electrons. The number of thiophene rings is 1. The van der Waals surface area contributed by atoms with E-state index in [1.54, 1.807) is 0 Å². The van der Waals surface area contributed by atoms with Crippen molar-refractivity contribution in [2.45, 2.75) is 23.5 Å². The average molecular weight is 287 g/mol. The first-order valence-corrected chi connectivity index (χ1v) is 7.53. The molecule has 0 aliphatic carbocycles. The topological polar surface area (TPSA) is 83.5 Å². The molecule has 1 aromatic heterocycles. The maximum absolute atomic E-state index is 11.8. The summed E-state index contributed by atoms with van der Waals surface area (Å²) >= 11 is 0.734. The van der Waals surface area contributed by atoms with Crippen LogP contribution in [0.3, 0.4) is 0 Å². The monoisotopic (exact) mass is 287 g/mol. The fourth-order valence-electron chi connectivity index (χ4n) is 1.21. The van der Waals surface area contributed by atoms with Crippen molar-refractivity contribution in [1.82, 2.24) is 4.72 Å². The van der Waals surface area contributed by atoms with Gasteiger partial charge in [0.2, 0.25) is 10.0 Å². The first kappa shape index (κ1) is 14.7. The fraction of sp³-hybridized carbons (Fsp3) is 0.364. The van der Waals surface area contributed by atoms with Gasteiger partial charge in [-0.05, 0) is 25.0 Å². The van der Waals surface area contributed by atoms with Gasteiger partial charge < -0.3 is 5.11 Å². The minimum atomic E-state index is -3.61. The van der Waals surface area contributed by atoms with Gasteiger partial charge >= 0.3 is 5.97 Å². The maximum atomic E-state index is 11.8. The third-order valence-electron chi connectivity index (χ3n) is 2.10. The van der Waals surface area contributed by atoms with Crippen molar-refractivity contribution in [3.63, 3.8) is 0 Å². The quantitative estimate of drug-likeness (QED) is 0.588. The molecule has 1 rings (SSSR count). The number of carboxylic acids is 1. The van der Waals surface area contributed by atoms with Gasteiger partial charge in [-0.15, -0.1) is 23.7 Å². The van der Waals surface area contributed by atoms with E-state index >= 15 is 0 Å². The van der Waals surface area contributed by atoms with Gasteiger partial charge in [0.05, 0.1) is 0 Å². The van der Waals surface area contributed by atoms with Gasteiger partial charge in [-0.2, -0.15) is 0 Å². The van der Waals surface area contributed by atoms with E-state index in [4.69, 9.17) is 11.5 Å². The molecule has 0 radical (unpaired) electrons. The minimum absolute atomic E-state index is 0.00251. The normalized spacial score (nSPS) is 11.1. The van der Waals surface area contributed by atoms with Crippen LogP contribution in [0.2, 0.25) is 0 Å². The van der Waals surface area contributed by atoms with Gasteiger partial charge in [-0.25, -0.2) is 17.9 Å². The third-order valence-corrected chi connectivity index (χ3v) is 5.12. The molecule has 0 aliphatic heterocycles. The van der Waals surface area contributed by atoms with Crippen LogP contribution in [0.15, 0.2) is 16.3 Å². The van der Waals surface area contributed by atoms with Crippen molar-refractivity contribution in [3.8, 4) is 12.3 Å². The number of aromatic carboxylic acids is 1. The number of carboxylic acid groups (broad SMARTS) is 1. The number of carbonyl (C=O) groups is 1. The van der Waals surface area contributed by atoms with Crippen LogP contribution in [0.5, 0.6) is 0 Å². The van der Waals surface area contributed by atoms with E-state index in [0.29, 0.717) is 19.4 Å². The molecule has 1 aromatic rings. The number of nitrogens with one attached hydrogen (secondary N) is 1. The molecular weight excluding hydrogens is 274 g/mol. The van der Waals surface area contributed by atoms with Crippen LogP contribution in [0.1, 0.15) is 28.9 Å². The predicted molar refractivity (Wildman–Crippen MR) is 69.2 cm³/mol. The highest BCUT2D eigenvalue weighted by Crippen LogP contribution is 2.21. The molecule has 0 saturated heterocycles. The van der Waals surface area contributed by atoms with E-state index in [0.717, 1.165) is 17.8 Å². The molecule has 0 saturated carbocycles. The highest BCUT2D eigenvalue weighted by atomic mass is 32.2. The SMILES string of the molecule is C#CCCCCNS(=O)(=O)c1ccc(C(=O)O)s1. The van der Waals surface area contributed by atoms with Crippen LogP contribution < -0.4 is 4.72 Å². The average Bonchev–Trinajstić information content (AvgIpc) is 2.78. The Labute approximate surface area is 110 Å². The summed E-state index contributed by atoms with van der Waals surface area (Å²) in [7, 11) is -3.61. The molecule has 0 atom stereocenters. The standard InChI is InChI=1S/C11H13NO4S2/c1-2-3-4-5-8-12-18(15,16)10-7-6-9(17-10)11(13)14/h1,6-7,12H,3-5,8H2,(H,13,14). The summed E-state index contributed by atoms with van der Waals surface area (Å²) in [4.78, 5) is 10.7. The van der Waals surface area contributed by atoms with E-state index < -0.39 is 16.0 Å².